The van der Waals surface area contributed by atoms with Crippen LogP contribution in [0.25, 0.3) is 0 Å². The summed E-state index contributed by atoms with van der Waals surface area (Å²) >= 11 is 1.32. The second-order valence-electron chi connectivity index (χ2n) is 5.55. The molecular weight excluding hydrogens is 288 g/mol. The van der Waals surface area contributed by atoms with Crippen molar-refractivity contribution in [2.45, 2.75) is 52.7 Å². The maximum atomic E-state index is 12.0. The maximum absolute atomic E-state index is 12.0. The number of esters is 1. The fraction of sp³-hybridized carbons (Fsp3) is 0.667. The molecule has 6 heteroatoms. The van der Waals surface area contributed by atoms with Gasteiger partial charge in [0.25, 0.3) is 0 Å². The third-order valence-corrected chi connectivity index (χ3v) is 4.58. The molecule has 1 aliphatic carbocycles. The molecule has 118 valence electrons. The Morgan fingerprint density at radius 1 is 1.48 bits per heavy atom. The SMILES string of the molecule is CCOC(=O)c1sc(NC2CC2CC)c(OC(C)C)c1N. The molecule has 1 aliphatic rings. The lowest BCUT2D eigenvalue weighted by Crippen LogP contribution is -2.10. The minimum absolute atomic E-state index is 0.00123. The fourth-order valence-corrected chi connectivity index (χ4v) is 3.28. The average molecular weight is 312 g/mol. The van der Waals surface area contributed by atoms with Crippen LogP contribution in [0, 0.1) is 5.92 Å². The van der Waals surface area contributed by atoms with Gasteiger partial charge in [0.2, 0.25) is 0 Å². The van der Waals surface area contributed by atoms with Gasteiger partial charge in [-0.15, -0.1) is 11.3 Å². The first-order valence-corrected chi connectivity index (χ1v) is 8.32. The number of carbonyl (C=O) groups excluding carboxylic acids is 1. The zero-order valence-electron chi connectivity index (χ0n) is 13.1. The first-order chi connectivity index (χ1) is 9.97. The van der Waals surface area contributed by atoms with Gasteiger partial charge in [-0.2, -0.15) is 0 Å². The Bertz CT molecular complexity index is 513. The summed E-state index contributed by atoms with van der Waals surface area (Å²) in [4.78, 5) is 12.4. The first kappa shape index (κ1) is 15.9. The molecule has 1 saturated carbocycles. The second kappa shape index (κ2) is 6.56. The molecule has 5 nitrogen and oxygen atoms in total. The van der Waals surface area contributed by atoms with E-state index in [0.29, 0.717) is 34.9 Å². The Morgan fingerprint density at radius 2 is 2.19 bits per heavy atom. The number of rotatable bonds is 7. The molecule has 1 heterocycles. The molecule has 0 aromatic carbocycles. The van der Waals surface area contributed by atoms with E-state index in [4.69, 9.17) is 15.2 Å². The van der Waals surface area contributed by atoms with Crippen LogP contribution < -0.4 is 15.8 Å². The highest BCUT2D eigenvalue weighted by molar-refractivity contribution is 7.19. The van der Waals surface area contributed by atoms with E-state index in [1.54, 1.807) is 6.92 Å². The van der Waals surface area contributed by atoms with Crippen molar-refractivity contribution in [2.75, 3.05) is 17.7 Å². The molecule has 21 heavy (non-hydrogen) atoms. The van der Waals surface area contributed by atoms with Gasteiger partial charge in [-0.25, -0.2) is 4.79 Å². The molecule has 2 unspecified atom stereocenters. The lowest BCUT2D eigenvalue weighted by atomic mass is 10.3. The number of anilines is 2. The van der Waals surface area contributed by atoms with Crippen molar-refractivity contribution in [3.8, 4) is 5.75 Å². The van der Waals surface area contributed by atoms with E-state index in [2.05, 4.69) is 12.2 Å². The van der Waals surface area contributed by atoms with Crippen LogP contribution in [0.15, 0.2) is 0 Å². The molecule has 1 aromatic rings. The van der Waals surface area contributed by atoms with Crippen LogP contribution in [0.5, 0.6) is 5.75 Å². The van der Waals surface area contributed by atoms with Crippen LogP contribution in [0.2, 0.25) is 0 Å². The summed E-state index contributed by atoms with van der Waals surface area (Å²) in [6.07, 6.45) is 2.31. The molecule has 0 aliphatic heterocycles. The predicted molar refractivity (Wildman–Crippen MR) is 86.3 cm³/mol. The number of thiophene rings is 1. The summed E-state index contributed by atoms with van der Waals surface area (Å²) in [5.41, 5.74) is 6.47. The summed E-state index contributed by atoms with van der Waals surface area (Å²) in [7, 11) is 0. The van der Waals surface area contributed by atoms with E-state index in [1.165, 1.54) is 11.3 Å². The topological polar surface area (TPSA) is 73.6 Å². The lowest BCUT2D eigenvalue weighted by molar-refractivity contribution is 0.0533. The van der Waals surface area contributed by atoms with E-state index in [0.717, 1.165) is 17.8 Å². The van der Waals surface area contributed by atoms with Crippen LogP contribution in [-0.2, 0) is 4.74 Å². The van der Waals surface area contributed by atoms with Crippen molar-refractivity contribution in [1.29, 1.82) is 0 Å². The van der Waals surface area contributed by atoms with E-state index in [1.807, 2.05) is 13.8 Å². The van der Waals surface area contributed by atoms with Crippen molar-refractivity contribution in [1.82, 2.24) is 0 Å². The van der Waals surface area contributed by atoms with Crippen molar-refractivity contribution in [3.05, 3.63) is 4.88 Å². The van der Waals surface area contributed by atoms with E-state index >= 15 is 0 Å². The van der Waals surface area contributed by atoms with Crippen molar-refractivity contribution in [3.63, 3.8) is 0 Å². The Kier molecular flexibility index (Phi) is 4.98. The zero-order valence-corrected chi connectivity index (χ0v) is 13.9. The average Bonchev–Trinajstić information content (AvgIpc) is 3.11. The largest absolute Gasteiger partial charge is 0.486 e. The number of nitrogen functional groups attached to an aromatic ring is 1. The van der Waals surface area contributed by atoms with Crippen LogP contribution >= 0.6 is 11.3 Å². The molecule has 0 saturated heterocycles. The van der Waals surface area contributed by atoms with Crippen LogP contribution in [-0.4, -0.2) is 24.7 Å². The molecule has 2 atom stereocenters. The maximum Gasteiger partial charge on any atom is 0.350 e. The monoisotopic (exact) mass is 312 g/mol. The minimum Gasteiger partial charge on any atom is -0.486 e. The van der Waals surface area contributed by atoms with Crippen LogP contribution in [0.1, 0.15) is 50.2 Å². The third kappa shape index (κ3) is 3.61. The lowest BCUT2D eigenvalue weighted by Gasteiger charge is -2.12. The van der Waals surface area contributed by atoms with Gasteiger partial charge in [0, 0.05) is 6.04 Å². The smallest absolute Gasteiger partial charge is 0.350 e. The Labute approximate surface area is 129 Å². The molecule has 3 N–H and O–H groups in total. The summed E-state index contributed by atoms with van der Waals surface area (Å²) < 4.78 is 10.9. The molecular formula is C15H24N2O3S. The molecule has 1 aromatic heterocycles. The molecule has 0 bridgehead atoms. The molecule has 0 radical (unpaired) electrons. The van der Waals surface area contributed by atoms with E-state index < -0.39 is 0 Å². The standard InChI is InChI=1S/C15H24N2O3S/c1-5-9-7-10(9)17-14-12(20-8(3)4)11(16)13(21-14)15(18)19-6-2/h8-10,17H,5-7,16H2,1-4H3. The summed E-state index contributed by atoms with van der Waals surface area (Å²) in [6, 6.07) is 0.456. The number of hydrogen-bond donors (Lipinski definition) is 2. The van der Waals surface area contributed by atoms with Gasteiger partial charge >= 0.3 is 5.97 Å². The molecule has 0 amide bonds. The van der Waals surface area contributed by atoms with Gasteiger partial charge < -0.3 is 20.5 Å². The first-order valence-electron chi connectivity index (χ1n) is 7.50. The van der Waals surface area contributed by atoms with Crippen molar-refractivity contribution < 1.29 is 14.3 Å². The van der Waals surface area contributed by atoms with Gasteiger partial charge in [0.15, 0.2) is 5.75 Å². The normalized spacial score (nSPS) is 20.4. The van der Waals surface area contributed by atoms with Gasteiger partial charge in [-0.3, -0.25) is 0 Å². The number of nitrogens with one attached hydrogen (secondary N) is 1. The molecule has 0 spiro atoms. The molecule has 1 fully saturated rings. The number of hydrogen-bond acceptors (Lipinski definition) is 6. The highest BCUT2D eigenvalue weighted by atomic mass is 32.1. The van der Waals surface area contributed by atoms with Gasteiger partial charge in [-0.1, -0.05) is 13.3 Å². The Morgan fingerprint density at radius 3 is 2.71 bits per heavy atom. The Hall–Kier alpha value is -1.43. The van der Waals surface area contributed by atoms with E-state index in [-0.39, 0.29) is 12.1 Å². The summed E-state index contributed by atoms with van der Waals surface area (Å²) in [5, 5.41) is 4.29. The predicted octanol–water partition coefficient (Wildman–Crippen LogP) is 3.50. The molecule has 2 rings (SSSR count). The second-order valence-corrected chi connectivity index (χ2v) is 6.57. The minimum atomic E-state index is -0.385. The third-order valence-electron chi connectivity index (χ3n) is 3.48. The highest BCUT2D eigenvalue weighted by Crippen LogP contribution is 2.47. The van der Waals surface area contributed by atoms with Crippen LogP contribution in [0.4, 0.5) is 10.7 Å². The van der Waals surface area contributed by atoms with Gasteiger partial charge in [0.05, 0.1) is 12.7 Å². The van der Waals surface area contributed by atoms with E-state index in [9.17, 15) is 4.79 Å². The van der Waals surface area contributed by atoms with Crippen LogP contribution in [0.3, 0.4) is 0 Å². The number of nitrogens with two attached hydrogens (primary N) is 1. The Balaban J connectivity index is 2.24. The van der Waals surface area contributed by atoms with Crippen molar-refractivity contribution in [2.24, 2.45) is 5.92 Å². The van der Waals surface area contributed by atoms with Gasteiger partial charge in [-0.05, 0) is 33.1 Å². The van der Waals surface area contributed by atoms with Gasteiger partial charge in [0.1, 0.15) is 15.6 Å². The highest BCUT2D eigenvalue weighted by Gasteiger charge is 2.37. The fourth-order valence-electron chi connectivity index (χ4n) is 2.27. The quantitative estimate of drug-likeness (QED) is 0.754. The van der Waals surface area contributed by atoms with Crippen molar-refractivity contribution >= 4 is 28.0 Å². The zero-order chi connectivity index (χ0) is 15.6. The summed E-state index contributed by atoms with van der Waals surface area (Å²) in [5.74, 6) is 0.899. The number of ether oxygens (including phenoxy) is 2. The summed E-state index contributed by atoms with van der Waals surface area (Å²) in [6.45, 7) is 8.18. The number of carbonyl (C=O) groups is 1.